The minimum Gasteiger partial charge on any atom is -0.493 e. The van der Waals surface area contributed by atoms with Crippen LogP contribution < -0.4 is 30.6 Å². The molecule has 0 spiro atoms. The molecular formula is C28H24F2N4O5. The van der Waals surface area contributed by atoms with Crippen molar-refractivity contribution in [2.24, 2.45) is 5.41 Å². The second kappa shape index (κ2) is 10.1. The third-order valence-corrected chi connectivity index (χ3v) is 6.43. The molecule has 1 heterocycles. The predicted octanol–water partition coefficient (Wildman–Crippen LogP) is 5.26. The molecule has 1 aromatic heterocycles. The zero-order valence-corrected chi connectivity index (χ0v) is 21.0. The lowest BCUT2D eigenvalue weighted by Gasteiger charge is -2.16. The summed E-state index contributed by atoms with van der Waals surface area (Å²) in [5.41, 5.74) is 5.62. The van der Waals surface area contributed by atoms with Gasteiger partial charge in [-0.05, 0) is 55.3 Å². The van der Waals surface area contributed by atoms with Crippen molar-refractivity contribution in [3.8, 4) is 23.0 Å². The van der Waals surface area contributed by atoms with E-state index in [0.29, 0.717) is 40.9 Å². The van der Waals surface area contributed by atoms with Crippen LogP contribution in [-0.2, 0) is 9.59 Å². The first-order valence-electron chi connectivity index (χ1n) is 11.9. The number of rotatable bonds is 8. The Labute approximate surface area is 221 Å². The molecule has 4 N–H and O–H groups in total. The number of methoxy groups -OCH3 is 2. The van der Waals surface area contributed by atoms with Gasteiger partial charge in [-0.3, -0.25) is 9.59 Å². The van der Waals surface area contributed by atoms with Crippen molar-refractivity contribution in [1.29, 1.82) is 0 Å². The van der Waals surface area contributed by atoms with Crippen molar-refractivity contribution >= 4 is 39.9 Å². The van der Waals surface area contributed by atoms with Gasteiger partial charge in [-0.1, -0.05) is 0 Å². The molecule has 5 rings (SSSR count). The summed E-state index contributed by atoms with van der Waals surface area (Å²) in [6.07, 6.45) is 0.667. The molecular weight excluding hydrogens is 510 g/mol. The number of nitrogens with two attached hydrogens (primary N) is 1. The van der Waals surface area contributed by atoms with Crippen LogP contribution in [0.15, 0.2) is 60.7 Å². The zero-order chi connectivity index (χ0) is 27.7. The number of hydrogen-bond donors (Lipinski definition) is 3. The third kappa shape index (κ3) is 5.11. The van der Waals surface area contributed by atoms with Crippen LogP contribution >= 0.6 is 0 Å². The second-order valence-electron chi connectivity index (χ2n) is 9.01. The summed E-state index contributed by atoms with van der Waals surface area (Å²) in [4.78, 5) is 30.0. The number of nitrogen functional groups attached to an aromatic ring is 1. The first-order valence-corrected chi connectivity index (χ1v) is 11.9. The number of carbonyl (C=O) groups excluding carboxylic acids is 2. The molecule has 0 saturated heterocycles. The summed E-state index contributed by atoms with van der Waals surface area (Å²) in [6, 6.07) is 13.9. The Bertz CT molecular complexity index is 1590. The summed E-state index contributed by atoms with van der Waals surface area (Å²) in [5.74, 6) is -1.13. The molecule has 1 aliphatic rings. The van der Waals surface area contributed by atoms with Gasteiger partial charge in [0.05, 0.1) is 19.7 Å². The van der Waals surface area contributed by atoms with Gasteiger partial charge in [0.2, 0.25) is 11.8 Å². The number of nitrogens with zero attached hydrogens (tertiary/aromatic N) is 1. The van der Waals surface area contributed by atoms with E-state index in [-0.39, 0.29) is 23.0 Å². The number of carbonyl (C=O) groups is 2. The van der Waals surface area contributed by atoms with Crippen LogP contribution in [0, 0.1) is 17.0 Å². The van der Waals surface area contributed by atoms with Gasteiger partial charge in [-0.15, -0.1) is 0 Å². The Hall–Kier alpha value is -4.93. The molecule has 2 amide bonds. The van der Waals surface area contributed by atoms with Crippen molar-refractivity contribution in [1.82, 2.24) is 4.98 Å². The highest BCUT2D eigenvalue weighted by Gasteiger charge is 2.56. The van der Waals surface area contributed by atoms with Crippen LogP contribution in [0.3, 0.4) is 0 Å². The van der Waals surface area contributed by atoms with Crippen LogP contribution in [0.1, 0.15) is 12.8 Å². The van der Waals surface area contributed by atoms with Gasteiger partial charge in [0, 0.05) is 35.0 Å². The SMILES string of the molecule is COc1cc2nc(N)cc(Oc3ccc(NC(=O)C4(C(=O)Nc5ccc(F)cc5)CC4)cc3F)c2cc1OC. The lowest BCUT2D eigenvalue weighted by Crippen LogP contribution is -2.35. The maximum absolute atomic E-state index is 15.1. The largest absolute Gasteiger partial charge is 0.493 e. The van der Waals surface area contributed by atoms with Gasteiger partial charge in [-0.25, -0.2) is 13.8 Å². The van der Waals surface area contributed by atoms with Gasteiger partial charge in [0.15, 0.2) is 23.1 Å². The fraction of sp³-hybridized carbons (Fsp3) is 0.179. The molecule has 1 aliphatic carbocycles. The van der Waals surface area contributed by atoms with Crippen LogP contribution in [-0.4, -0.2) is 31.0 Å². The smallest absolute Gasteiger partial charge is 0.240 e. The fourth-order valence-corrected chi connectivity index (χ4v) is 4.12. The van der Waals surface area contributed by atoms with Gasteiger partial charge < -0.3 is 30.6 Å². The summed E-state index contributed by atoms with van der Waals surface area (Å²) >= 11 is 0. The van der Waals surface area contributed by atoms with Crippen molar-refractivity contribution in [3.63, 3.8) is 0 Å². The number of nitrogens with one attached hydrogen (secondary N) is 2. The number of halogens is 2. The van der Waals surface area contributed by atoms with E-state index in [1.54, 1.807) is 12.1 Å². The van der Waals surface area contributed by atoms with E-state index in [9.17, 15) is 14.0 Å². The number of ether oxygens (including phenoxy) is 3. The van der Waals surface area contributed by atoms with E-state index in [1.807, 2.05) is 0 Å². The second-order valence-corrected chi connectivity index (χ2v) is 9.01. The van der Waals surface area contributed by atoms with E-state index in [1.165, 1.54) is 56.7 Å². The number of benzene rings is 3. The van der Waals surface area contributed by atoms with E-state index in [4.69, 9.17) is 19.9 Å². The molecule has 9 nitrogen and oxygen atoms in total. The van der Waals surface area contributed by atoms with Gasteiger partial charge >= 0.3 is 0 Å². The van der Waals surface area contributed by atoms with Crippen molar-refractivity contribution in [2.45, 2.75) is 12.8 Å². The van der Waals surface area contributed by atoms with E-state index < -0.39 is 28.9 Å². The lowest BCUT2D eigenvalue weighted by atomic mass is 10.0. The van der Waals surface area contributed by atoms with E-state index in [0.717, 1.165) is 6.07 Å². The first kappa shape index (κ1) is 25.7. The maximum atomic E-state index is 15.1. The molecule has 0 radical (unpaired) electrons. The average Bonchev–Trinajstić information content (AvgIpc) is 3.73. The van der Waals surface area contributed by atoms with Crippen molar-refractivity contribution < 1.29 is 32.6 Å². The number of hydrogen-bond acceptors (Lipinski definition) is 7. The van der Waals surface area contributed by atoms with Crippen LogP contribution in [0.2, 0.25) is 0 Å². The van der Waals surface area contributed by atoms with Crippen LogP contribution in [0.5, 0.6) is 23.0 Å². The summed E-state index contributed by atoms with van der Waals surface area (Å²) in [7, 11) is 2.98. The van der Waals surface area contributed by atoms with E-state index >= 15 is 4.39 Å². The first-order chi connectivity index (χ1) is 18.7. The third-order valence-electron chi connectivity index (χ3n) is 6.43. The van der Waals surface area contributed by atoms with Crippen molar-refractivity contribution in [2.75, 3.05) is 30.6 Å². The quantitative estimate of drug-likeness (QED) is 0.263. The average molecular weight is 535 g/mol. The Morgan fingerprint density at radius 1 is 0.821 bits per heavy atom. The standard InChI is InChI=1S/C28H24F2N4O5/c1-37-23-12-18-20(13-24(23)38-2)34-25(31)14-22(18)39-21-8-7-17(11-19(21)30)33-27(36)28(9-10-28)26(35)32-16-5-3-15(29)4-6-16/h3-8,11-14H,9-10H2,1-2H3,(H2,31,34)(H,32,35)(H,33,36). The number of amides is 2. The Balaban J connectivity index is 1.33. The molecule has 0 atom stereocenters. The zero-order valence-electron chi connectivity index (χ0n) is 21.0. The lowest BCUT2D eigenvalue weighted by molar-refractivity contribution is -0.131. The Kier molecular flexibility index (Phi) is 6.65. The van der Waals surface area contributed by atoms with E-state index in [2.05, 4.69) is 15.6 Å². The minimum absolute atomic E-state index is 0.120. The Morgan fingerprint density at radius 2 is 1.44 bits per heavy atom. The molecule has 11 heteroatoms. The predicted molar refractivity (Wildman–Crippen MR) is 141 cm³/mol. The number of aromatic nitrogens is 1. The number of pyridine rings is 1. The summed E-state index contributed by atoms with van der Waals surface area (Å²) in [5, 5.41) is 5.75. The normalized spacial score (nSPS) is 13.4. The van der Waals surface area contributed by atoms with Gasteiger partial charge in [0.25, 0.3) is 0 Å². The van der Waals surface area contributed by atoms with Crippen LogP contribution in [0.25, 0.3) is 10.9 Å². The molecule has 39 heavy (non-hydrogen) atoms. The van der Waals surface area contributed by atoms with Crippen LogP contribution in [0.4, 0.5) is 26.0 Å². The summed E-state index contributed by atoms with van der Waals surface area (Å²) in [6.45, 7) is 0. The van der Waals surface area contributed by atoms with Gasteiger partial charge in [0.1, 0.15) is 22.8 Å². The maximum Gasteiger partial charge on any atom is 0.240 e. The number of fused-ring (bicyclic) bond motifs is 1. The molecule has 0 unspecified atom stereocenters. The highest BCUT2D eigenvalue weighted by Crippen LogP contribution is 2.47. The molecule has 200 valence electrons. The van der Waals surface area contributed by atoms with Crippen molar-refractivity contribution in [3.05, 3.63) is 72.3 Å². The minimum atomic E-state index is -1.28. The fourth-order valence-electron chi connectivity index (χ4n) is 4.12. The number of anilines is 3. The highest BCUT2D eigenvalue weighted by atomic mass is 19.1. The molecule has 1 saturated carbocycles. The summed E-state index contributed by atoms with van der Waals surface area (Å²) < 4.78 is 44.7. The molecule has 0 bridgehead atoms. The Morgan fingerprint density at radius 3 is 2.05 bits per heavy atom. The topological polar surface area (TPSA) is 125 Å². The molecule has 4 aromatic rings. The van der Waals surface area contributed by atoms with Gasteiger partial charge in [-0.2, -0.15) is 0 Å². The molecule has 1 fully saturated rings. The monoisotopic (exact) mass is 534 g/mol. The molecule has 0 aliphatic heterocycles. The molecule has 3 aromatic carbocycles. The highest BCUT2D eigenvalue weighted by molar-refractivity contribution is 6.16.